The summed E-state index contributed by atoms with van der Waals surface area (Å²) in [6.07, 6.45) is 0. The summed E-state index contributed by atoms with van der Waals surface area (Å²) in [5.41, 5.74) is 0.929. The summed E-state index contributed by atoms with van der Waals surface area (Å²) < 4.78 is 8.72. The monoisotopic (exact) mass is 211 g/mol. The highest BCUT2D eigenvalue weighted by atomic mass is 32.1. The zero-order chi connectivity index (χ0) is 9.97. The lowest BCUT2D eigenvalue weighted by molar-refractivity contribution is 0.425. The maximum absolute atomic E-state index is 4.89. The van der Waals surface area contributed by atoms with Gasteiger partial charge >= 0.3 is 6.01 Å². The van der Waals surface area contributed by atoms with Gasteiger partial charge in [0.15, 0.2) is 5.82 Å². The van der Waals surface area contributed by atoms with Gasteiger partial charge in [0.1, 0.15) is 0 Å². The normalized spacial score (nSPS) is 10.4. The van der Waals surface area contributed by atoms with Crippen molar-refractivity contribution in [3.63, 3.8) is 0 Å². The highest BCUT2D eigenvalue weighted by Gasteiger charge is 2.05. The molecule has 2 aromatic heterocycles. The second kappa shape index (κ2) is 3.70. The van der Waals surface area contributed by atoms with Gasteiger partial charge in [-0.15, -0.1) is 5.10 Å². The Kier molecular flexibility index (Phi) is 2.40. The zero-order valence-electron chi connectivity index (χ0n) is 7.81. The van der Waals surface area contributed by atoms with E-state index in [1.807, 2.05) is 6.92 Å². The van der Waals surface area contributed by atoms with Crippen LogP contribution in [0.4, 0.5) is 6.01 Å². The lowest BCUT2D eigenvalue weighted by Crippen LogP contribution is -1.99. The van der Waals surface area contributed by atoms with E-state index in [-0.39, 0.29) is 0 Å². The topological polar surface area (TPSA) is 76.7 Å². The van der Waals surface area contributed by atoms with Crippen molar-refractivity contribution in [2.75, 3.05) is 5.32 Å². The van der Waals surface area contributed by atoms with Crippen LogP contribution in [-0.4, -0.2) is 19.7 Å². The van der Waals surface area contributed by atoms with Gasteiger partial charge in [0.25, 0.3) is 0 Å². The zero-order valence-corrected chi connectivity index (χ0v) is 8.63. The first kappa shape index (κ1) is 9.07. The summed E-state index contributed by atoms with van der Waals surface area (Å²) in [5.74, 6) is 0.617. The van der Waals surface area contributed by atoms with Crippen LogP contribution in [0.2, 0.25) is 0 Å². The minimum absolute atomic E-state index is 0.426. The molecule has 0 saturated heterocycles. The van der Waals surface area contributed by atoms with E-state index in [2.05, 4.69) is 25.0 Å². The largest absolute Gasteiger partial charge is 0.333 e. The molecule has 0 bridgehead atoms. The first-order chi connectivity index (χ1) is 6.75. The van der Waals surface area contributed by atoms with Gasteiger partial charge < -0.3 is 9.84 Å². The van der Waals surface area contributed by atoms with E-state index in [0.717, 1.165) is 10.6 Å². The van der Waals surface area contributed by atoms with Crippen molar-refractivity contribution >= 4 is 17.5 Å². The van der Waals surface area contributed by atoms with E-state index in [4.69, 9.17) is 4.52 Å². The lowest BCUT2D eigenvalue weighted by atomic mass is 10.4. The van der Waals surface area contributed by atoms with Gasteiger partial charge in [0.2, 0.25) is 0 Å². The van der Waals surface area contributed by atoms with Crippen LogP contribution in [0.1, 0.15) is 16.4 Å². The molecule has 2 heterocycles. The van der Waals surface area contributed by atoms with Gasteiger partial charge in [0, 0.05) is 0 Å². The van der Waals surface area contributed by atoms with E-state index in [1.165, 1.54) is 11.5 Å². The molecule has 0 aliphatic carbocycles. The molecule has 0 unspecified atom stereocenters. The Balaban J connectivity index is 1.98. The molecule has 0 aromatic carbocycles. The molecule has 2 aromatic rings. The number of hydrogen-bond acceptors (Lipinski definition) is 7. The molecule has 0 aliphatic rings. The number of rotatable bonds is 3. The third kappa shape index (κ3) is 1.87. The molecule has 2 rings (SSSR count). The highest BCUT2D eigenvalue weighted by molar-refractivity contribution is 7.05. The molecule has 0 amide bonds. The van der Waals surface area contributed by atoms with Crippen LogP contribution >= 0.6 is 11.5 Å². The van der Waals surface area contributed by atoms with Crippen LogP contribution in [-0.2, 0) is 6.54 Å². The molecular weight excluding hydrogens is 202 g/mol. The Morgan fingerprint density at radius 3 is 2.86 bits per heavy atom. The lowest BCUT2D eigenvalue weighted by Gasteiger charge is -1.96. The van der Waals surface area contributed by atoms with Crippen molar-refractivity contribution in [1.29, 1.82) is 0 Å². The molecule has 0 aliphatic heterocycles. The number of nitrogens with one attached hydrogen (secondary N) is 1. The predicted molar refractivity (Wildman–Crippen MR) is 51.0 cm³/mol. The van der Waals surface area contributed by atoms with Gasteiger partial charge in [-0.1, -0.05) is 9.64 Å². The third-order valence-corrected chi connectivity index (χ3v) is 2.50. The molecular formula is C7H9N5OS. The van der Waals surface area contributed by atoms with E-state index in [1.54, 1.807) is 6.92 Å². The van der Waals surface area contributed by atoms with Crippen LogP contribution in [0.5, 0.6) is 0 Å². The Morgan fingerprint density at radius 1 is 1.43 bits per heavy atom. The SMILES string of the molecule is Cc1noc(NCc2snnc2C)n1. The average molecular weight is 211 g/mol. The second-order valence-corrected chi connectivity index (χ2v) is 3.62. The van der Waals surface area contributed by atoms with Crippen LogP contribution in [0.15, 0.2) is 4.52 Å². The van der Waals surface area contributed by atoms with E-state index in [9.17, 15) is 0 Å². The minimum Gasteiger partial charge on any atom is -0.333 e. The third-order valence-electron chi connectivity index (χ3n) is 1.67. The minimum atomic E-state index is 0.426. The second-order valence-electron chi connectivity index (χ2n) is 2.78. The van der Waals surface area contributed by atoms with Crippen molar-refractivity contribution in [2.45, 2.75) is 20.4 Å². The Hall–Kier alpha value is -1.50. The first-order valence-corrected chi connectivity index (χ1v) is 4.85. The standard InChI is InChI=1S/C7H9N5OS/c1-4-6(14-12-10-4)3-8-7-9-5(2)11-13-7/h3H2,1-2H3,(H,8,9,11). The average Bonchev–Trinajstić information content (AvgIpc) is 2.72. The first-order valence-electron chi connectivity index (χ1n) is 4.07. The molecule has 7 heteroatoms. The molecule has 0 saturated carbocycles. The number of aryl methyl sites for hydroxylation is 2. The molecule has 14 heavy (non-hydrogen) atoms. The summed E-state index contributed by atoms with van der Waals surface area (Å²) in [7, 11) is 0. The molecule has 0 spiro atoms. The van der Waals surface area contributed by atoms with Crippen molar-refractivity contribution in [2.24, 2.45) is 0 Å². The van der Waals surface area contributed by atoms with Crippen LogP contribution in [0.25, 0.3) is 0 Å². The number of nitrogens with zero attached hydrogens (tertiary/aromatic N) is 4. The molecule has 1 N–H and O–H groups in total. The fourth-order valence-corrected chi connectivity index (χ4v) is 1.51. The quantitative estimate of drug-likeness (QED) is 0.820. The Morgan fingerprint density at radius 2 is 2.29 bits per heavy atom. The van der Waals surface area contributed by atoms with E-state index >= 15 is 0 Å². The molecule has 6 nitrogen and oxygen atoms in total. The number of hydrogen-bond donors (Lipinski definition) is 1. The van der Waals surface area contributed by atoms with Crippen LogP contribution in [0.3, 0.4) is 0 Å². The van der Waals surface area contributed by atoms with Crippen molar-refractivity contribution in [3.05, 3.63) is 16.4 Å². The fraction of sp³-hybridized carbons (Fsp3) is 0.429. The van der Waals surface area contributed by atoms with Gasteiger partial charge in [0.05, 0.1) is 17.1 Å². The summed E-state index contributed by atoms with van der Waals surface area (Å²) in [6, 6.07) is 0.426. The molecule has 0 atom stereocenters. The molecule has 0 fully saturated rings. The van der Waals surface area contributed by atoms with Gasteiger partial charge in [-0.25, -0.2) is 0 Å². The fourth-order valence-electron chi connectivity index (χ4n) is 0.938. The Labute approximate surface area is 84.5 Å². The maximum Gasteiger partial charge on any atom is 0.321 e. The van der Waals surface area contributed by atoms with E-state index in [0.29, 0.717) is 18.4 Å². The summed E-state index contributed by atoms with van der Waals surface area (Å²) >= 11 is 1.36. The van der Waals surface area contributed by atoms with Gasteiger partial charge in [-0.05, 0) is 25.4 Å². The van der Waals surface area contributed by atoms with Gasteiger partial charge in [-0.3, -0.25) is 0 Å². The summed E-state index contributed by atoms with van der Waals surface area (Å²) in [4.78, 5) is 5.08. The van der Waals surface area contributed by atoms with E-state index < -0.39 is 0 Å². The van der Waals surface area contributed by atoms with Crippen LogP contribution in [0, 0.1) is 13.8 Å². The summed E-state index contributed by atoms with van der Waals surface area (Å²) in [5, 5.41) is 10.6. The number of aromatic nitrogens is 4. The van der Waals surface area contributed by atoms with Crippen molar-refractivity contribution < 1.29 is 4.52 Å². The molecule has 0 radical (unpaired) electrons. The Bertz CT molecular complexity index is 423. The maximum atomic E-state index is 4.89. The van der Waals surface area contributed by atoms with Gasteiger partial charge in [-0.2, -0.15) is 4.98 Å². The van der Waals surface area contributed by atoms with Crippen molar-refractivity contribution in [3.8, 4) is 0 Å². The predicted octanol–water partition coefficient (Wildman–Crippen LogP) is 1.15. The number of anilines is 1. The molecule has 74 valence electrons. The van der Waals surface area contributed by atoms with Crippen molar-refractivity contribution in [1.82, 2.24) is 19.7 Å². The smallest absolute Gasteiger partial charge is 0.321 e. The van der Waals surface area contributed by atoms with Crippen LogP contribution < -0.4 is 5.32 Å². The highest BCUT2D eigenvalue weighted by Crippen LogP contribution is 2.11. The summed E-state index contributed by atoms with van der Waals surface area (Å²) in [6.45, 7) is 4.30.